The van der Waals surface area contributed by atoms with Crippen LogP contribution in [0.1, 0.15) is 18.6 Å². The van der Waals surface area contributed by atoms with Crippen molar-refractivity contribution in [2.45, 2.75) is 19.1 Å². The fraction of sp³-hybridized carbons (Fsp3) is 0.364. The lowest BCUT2D eigenvalue weighted by atomic mass is 10.0. The molecule has 4 N–H and O–H groups in total. The summed E-state index contributed by atoms with van der Waals surface area (Å²) in [6.07, 6.45) is -3.00. The van der Waals surface area contributed by atoms with Crippen LogP contribution in [0.2, 0.25) is 0 Å². The SMILES string of the molecule is CC(=O)SCC(O)C(O)c1ccc(N)c(F)c1F. The average molecular weight is 277 g/mol. The van der Waals surface area contributed by atoms with Gasteiger partial charge in [-0.25, -0.2) is 8.78 Å². The summed E-state index contributed by atoms with van der Waals surface area (Å²) < 4.78 is 26.6. The number of rotatable bonds is 4. The number of hydrogen-bond acceptors (Lipinski definition) is 5. The van der Waals surface area contributed by atoms with Crippen molar-refractivity contribution in [3.8, 4) is 0 Å². The summed E-state index contributed by atoms with van der Waals surface area (Å²) in [6.45, 7) is 1.30. The van der Waals surface area contributed by atoms with Gasteiger partial charge in [-0.15, -0.1) is 0 Å². The van der Waals surface area contributed by atoms with E-state index in [1.54, 1.807) is 0 Å². The molecule has 0 bridgehead atoms. The van der Waals surface area contributed by atoms with Gasteiger partial charge in [0.25, 0.3) is 0 Å². The molecule has 2 unspecified atom stereocenters. The molecule has 0 spiro atoms. The molecular formula is C11H13F2NO3S. The summed E-state index contributed by atoms with van der Waals surface area (Å²) >= 11 is 0.786. The highest BCUT2D eigenvalue weighted by molar-refractivity contribution is 8.13. The Morgan fingerprint density at radius 2 is 2.00 bits per heavy atom. The quantitative estimate of drug-likeness (QED) is 0.721. The Labute approximate surface area is 107 Å². The highest BCUT2D eigenvalue weighted by Gasteiger charge is 2.24. The minimum Gasteiger partial charge on any atom is -0.396 e. The molecule has 0 aromatic heterocycles. The van der Waals surface area contributed by atoms with E-state index in [1.165, 1.54) is 6.92 Å². The maximum atomic E-state index is 13.5. The monoisotopic (exact) mass is 277 g/mol. The van der Waals surface area contributed by atoms with Crippen LogP contribution >= 0.6 is 11.8 Å². The minimum atomic E-state index is -1.62. The largest absolute Gasteiger partial charge is 0.396 e. The third-order valence-corrected chi connectivity index (χ3v) is 3.20. The van der Waals surface area contributed by atoms with Crippen LogP contribution in [0, 0.1) is 11.6 Å². The lowest BCUT2D eigenvalue weighted by molar-refractivity contribution is -0.109. The van der Waals surface area contributed by atoms with Gasteiger partial charge < -0.3 is 15.9 Å². The smallest absolute Gasteiger partial charge is 0.185 e. The molecule has 0 saturated carbocycles. The first kappa shape index (κ1) is 14.9. The van der Waals surface area contributed by atoms with Gasteiger partial charge in [0.1, 0.15) is 6.10 Å². The van der Waals surface area contributed by atoms with Gasteiger partial charge in [0, 0.05) is 18.2 Å². The number of anilines is 1. The molecule has 4 nitrogen and oxygen atoms in total. The molecule has 18 heavy (non-hydrogen) atoms. The maximum Gasteiger partial charge on any atom is 0.185 e. The molecule has 100 valence electrons. The highest BCUT2D eigenvalue weighted by atomic mass is 32.2. The minimum absolute atomic E-state index is 0.109. The Hall–Kier alpha value is -1.18. The van der Waals surface area contributed by atoms with Crippen molar-refractivity contribution in [1.29, 1.82) is 0 Å². The van der Waals surface area contributed by atoms with E-state index >= 15 is 0 Å². The van der Waals surface area contributed by atoms with Crippen LogP contribution in [0.25, 0.3) is 0 Å². The lowest BCUT2D eigenvalue weighted by Crippen LogP contribution is -2.22. The number of halogens is 2. The Kier molecular flexibility index (Phi) is 5.06. The normalized spacial score (nSPS) is 14.3. The Morgan fingerprint density at radius 1 is 1.39 bits per heavy atom. The van der Waals surface area contributed by atoms with Crippen LogP contribution in [0.4, 0.5) is 14.5 Å². The van der Waals surface area contributed by atoms with Gasteiger partial charge in [-0.1, -0.05) is 17.8 Å². The number of hydrogen-bond donors (Lipinski definition) is 3. The summed E-state index contributed by atoms with van der Waals surface area (Å²) in [7, 11) is 0. The molecular weight excluding hydrogens is 264 g/mol. The van der Waals surface area contributed by atoms with Gasteiger partial charge in [0.15, 0.2) is 16.7 Å². The summed E-state index contributed by atoms with van der Waals surface area (Å²) in [5, 5.41) is 19.0. The average Bonchev–Trinajstić information content (AvgIpc) is 2.32. The Balaban J connectivity index is 2.86. The summed E-state index contributed by atoms with van der Waals surface area (Å²) in [5.41, 5.74) is 4.39. The van der Waals surface area contributed by atoms with E-state index in [4.69, 9.17) is 5.73 Å². The van der Waals surface area contributed by atoms with Crippen LogP contribution in [-0.2, 0) is 4.79 Å². The molecule has 0 radical (unpaired) electrons. The first-order valence-corrected chi connectivity index (χ1v) is 6.06. The maximum absolute atomic E-state index is 13.5. The molecule has 7 heteroatoms. The summed E-state index contributed by atoms with van der Waals surface area (Å²) in [5.74, 6) is -2.67. The third-order valence-electron chi connectivity index (χ3n) is 2.28. The molecule has 2 atom stereocenters. The molecule has 0 aliphatic carbocycles. The van der Waals surface area contributed by atoms with Crippen molar-refractivity contribution < 1.29 is 23.8 Å². The van der Waals surface area contributed by atoms with Crippen molar-refractivity contribution in [2.75, 3.05) is 11.5 Å². The van der Waals surface area contributed by atoms with Crippen LogP contribution in [-0.4, -0.2) is 27.2 Å². The Morgan fingerprint density at radius 3 is 2.56 bits per heavy atom. The third kappa shape index (κ3) is 3.41. The van der Waals surface area contributed by atoms with Crippen molar-refractivity contribution in [3.05, 3.63) is 29.3 Å². The van der Waals surface area contributed by atoms with Gasteiger partial charge in [-0.3, -0.25) is 4.79 Å². The van der Waals surface area contributed by atoms with Crippen molar-refractivity contribution in [3.63, 3.8) is 0 Å². The van der Waals surface area contributed by atoms with E-state index in [0.717, 1.165) is 23.9 Å². The second kappa shape index (κ2) is 6.12. The topological polar surface area (TPSA) is 83.5 Å². The van der Waals surface area contributed by atoms with E-state index in [9.17, 15) is 23.8 Å². The number of thioether (sulfide) groups is 1. The number of nitrogens with two attached hydrogens (primary N) is 1. The van der Waals surface area contributed by atoms with Crippen molar-refractivity contribution >= 4 is 22.6 Å². The second-order valence-electron chi connectivity index (χ2n) is 3.69. The number of benzene rings is 1. The lowest BCUT2D eigenvalue weighted by Gasteiger charge is -2.18. The van der Waals surface area contributed by atoms with E-state index < -0.39 is 29.4 Å². The fourth-order valence-electron chi connectivity index (χ4n) is 1.31. The Bertz CT molecular complexity index is 456. The van der Waals surface area contributed by atoms with Crippen LogP contribution in [0.5, 0.6) is 0 Å². The summed E-state index contributed by atoms with van der Waals surface area (Å²) in [6, 6.07) is 2.20. The second-order valence-corrected chi connectivity index (χ2v) is 4.88. The molecule has 0 saturated heterocycles. The number of carbonyl (C=O) groups excluding carboxylic acids is 1. The van der Waals surface area contributed by atoms with Crippen molar-refractivity contribution in [2.24, 2.45) is 0 Å². The van der Waals surface area contributed by atoms with Gasteiger partial charge in [0.05, 0.1) is 11.8 Å². The van der Waals surface area contributed by atoms with E-state index in [-0.39, 0.29) is 16.6 Å². The zero-order chi connectivity index (χ0) is 13.9. The van der Waals surface area contributed by atoms with Crippen LogP contribution in [0.15, 0.2) is 12.1 Å². The fourth-order valence-corrected chi connectivity index (χ4v) is 1.90. The molecule has 0 heterocycles. The summed E-state index contributed by atoms with van der Waals surface area (Å²) in [4.78, 5) is 10.7. The van der Waals surface area contributed by atoms with E-state index in [1.807, 2.05) is 0 Å². The molecule has 0 aliphatic rings. The first-order valence-electron chi connectivity index (χ1n) is 5.07. The molecule has 1 aromatic carbocycles. The number of aliphatic hydroxyl groups excluding tert-OH is 2. The molecule has 0 amide bonds. The predicted molar refractivity (Wildman–Crippen MR) is 64.9 cm³/mol. The zero-order valence-corrected chi connectivity index (χ0v) is 10.4. The first-order chi connectivity index (χ1) is 8.34. The standard InChI is InChI=1S/C11H13F2NO3S/c1-5(15)18-4-8(16)11(17)6-2-3-7(14)10(13)9(6)12/h2-3,8,11,16-17H,4,14H2,1H3. The van der Waals surface area contributed by atoms with E-state index in [0.29, 0.717) is 0 Å². The van der Waals surface area contributed by atoms with E-state index in [2.05, 4.69) is 0 Å². The molecule has 0 fully saturated rings. The van der Waals surface area contributed by atoms with Gasteiger partial charge in [-0.05, 0) is 6.07 Å². The van der Waals surface area contributed by atoms with Crippen LogP contribution < -0.4 is 5.73 Å². The predicted octanol–water partition coefficient (Wildman–Crippen LogP) is 1.22. The van der Waals surface area contributed by atoms with Gasteiger partial charge in [-0.2, -0.15) is 0 Å². The van der Waals surface area contributed by atoms with Crippen molar-refractivity contribution in [1.82, 2.24) is 0 Å². The number of aliphatic hydroxyl groups is 2. The zero-order valence-electron chi connectivity index (χ0n) is 9.56. The highest BCUT2D eigenvalue weighted by Crippen LogP contribution is 2.26. The number of nitrogen functional groups attached to an aromatic ring is 1. The molecule has 0 aliphatic heterocycles. The number of carbonyl (C=O) groups is 1. The molecule has 1 rings (SSSR count). The molecule has 1 aromatic rings. The van der Waals surface area contributed by atoms with Gasteiger partial charge >= 0.3 is 0 Å². The van der Waals surface area contributed by atoms with Crippen LogP contribution in [0.3, 0.4) is 0 Å². The van der Waals surface area contributed by atoms with Gasteiger partial charge in [0.2, 0.25) is 0 Å².